The Bertz CT molecular complexity index is 917. The normalized spacial score (nSPS) is 10.4. The molecule has 2 aromatic heterocycles. The van der Waals surface area contributed by atoms with Gasteiger partial charge in [0, 0.05) is 6.20 Å². The zero-order chi connectivity index (χ0) is 19.2. The van der Waals surface area contributed by atoms with Crippen LogP contribution in [-0.2, 0) is 19.3 Å². The van der Waals surface area contributed by atoms with Gasteiger partial charge in [-0.2, -0.15) is 0 Å². The summed E-state index contributed by atoms with van der Waals surface area (Å²) in [6.45, 7) is 2.04. The predicted octanol–water partition coefficient (Wildman–Crippen LogP) is 7.00. The van der Waals surface area contributed by atoms with Crippen molar-refractivity contribution in [1.29, 1.82) is 0 Å². The Morgan fingerprint density at radius 2 is 1.64 bits per heavy atom. The number of aromatic nitrogens is 3. The van der Waals surface area contributed by atoms with Crippen LogP contribution >= 0.6 is 34.8 Å². The Kier molecular flexibility index (Phi) is 8.49. The van der Waals surface area contributed by atoms with Crippen molar-refractivity contribution < 1.29 is 4.74 Å². The maximum absolute atomic E-state index is 6.34. The first-order valence-electron chi connectivity index (χ1n) is 8.63. The number of ether oxygens (including phenoxy) is 1. The van der Waals surface area contributed by atoms with Crippen molar-refractivity contribution in [2.75, 3.05) is 0 Å². The van der Waals surface area contributed by atoms with E-state index in [-0.39, 0.29) is 7.43 Å². The Morgan fingerprint density at radius 1 is 0.929 bits per heavy atom. The predicted molar refractivity (Wildman–Crippen MR) is 116 cm³/mol. The average molecular weight is 439 g/mol. The van der Waals surface area contributed by atoms with Gasteiger partial charge in [-0.25, -0.2) is 15.0 Å². The Labute approximate surface area is 180 Å². The van der Waals surface area contributed by atoms with E-state index in [1.54, 1.807) is 12.4 Å². The molecule has 0 N–H and O–H groups in total. The standard InChI is InChI=1S/C20H18Cl3N3O.CH4/c1-2-17-19(23)18(26-12-25-17)5-3-4-13-6-8-15(9-7-13)27-20-16(22)10-14(21)11-24-20;/h6-12H,2-5H2,1H3;1H4. The lowest BCUT2D eigenvalue weighted by Gasteiger charge is -2.08. The number of pyridine rings is 1. The van der Waals surface area contributed by atoms with Crippen molar-refractivity contribution in [3.63, 3.8) is 0 Å². The molecule has 2 heterocycles. The zero-order valence-corrected chi connectivity index (χ0v) is 17.0. The zero-order valence-electron chi connectivity index (χ0n) is 14.8. The highest BCUT2D eigenvalue weighted by atomic mass is 35.5. The molecule has 0 unspecified atom stereocenters. The second-order valence-electron chi connectivity index (χ2n) is 5.97. The summed E-state index contributed by atoms with van der Waals surface area (Å²) >= 11 is 18.3. The maximum Gasteiger partial charge on any atom is 0.238 e. The van der Waals surface area contributed by atoms with Crippen LogP contribution in [0.3, 0.4) is 0 Å². The number of hydrogen-bond acceptors (Lipinski definition) is 4. The molecule has 4 nitrogen and oxygen atoms in total. The van der Waals surface area contributed by atoms with Crippen LogP contribution in [0.5, 0.6) is 11.6 Å². The summed E-state index contributed by atoms with van der Waals surface area (Å²) in [5.41, 5.74) is 3.02. The number of hydrogen-bond donors (Lipinski definition) is 0. The fraction of sp³-hybridized carbons (Fsp3) is 0.286. The monoisotopic (exact) mass is 437 g/mol. The Morgan fingerprint density at radius 3 is 2.32 bits per heavy atom. The second kappa shape index (κ2) is 10.6. The van der Waals surface area contributed by atoms with Gasteiger partial charge in [0.1, 0.15) is 17.1 Å². The third-order valence-electron chi connectivity index (χ3n) is 4.06. The molecule has 0 amide bonds. The summed E-state index contributed by atoms with van der Waals surface area (Å²) in [7, 11) is 0. The van der Waals surface area contributed by atoms with Gasteiger partial charge >= 0.3 is 0 Å². The minimum atomic E-state index is 0. The molecule has 0 atom stereocenters. The molecule has 0 bridgehead atoms. The first kappa shape index (κ1) is 22.4. The molecule has 0 radical (unpaired) electrons. The Balaban J connectivity index is 0.00000280. The third-order valence-corrected chi connectivity index (χ3v) is 4.97. The number of rotatable bonds is 7. The van der Waals surface area contributed by atoms with Crippen LogP contribution in [0.2, 0.25) is 15.1 Å². The fourth-order valence-corrected chi connectivity index (χ4v) is 3.39. The topological polar surface area (TPSA) is 47.9 Å². The minimum Gasteiger partial charge on any atom is -0.438 e. The van der Waals surface area contributed by atoms with E-state index in [0.29, 0.717) is 26.7 Å². The second-order valence-corrected chi connectivity index (χ2v) is 7.20. The van der Waals surface area contributed by atoms with E-state index in [9.17, 15) is 0 Å². The summed E-state index contributed by atoms with van der Waals surface area (Å²) in [5.74, 6) is 1.00. The van der Waals surface area contributed by atoms with E-state index in [1.807, 2.05) is 31.2 Å². The van der Waals surface area contributed by atoms with E-state index in [4.69, 9.17) is 39.5 Å². The first-order valence-corrected chi connectivity index (χ1v) is 9.76. The smallest absolute Gasteiger partial charge is 0.238 e. The van der Waals surface area contributed by atoms with Crippen molar-refractivity contribution >= 4 is 34.8 Å². The molecular weight excluding hydrogens is 417 g/mol. The van der Waals surface area contributed by atoms with E-state index < -0.39 is 0 Å². The molecule has 3 rings (SSSR count). The number of halogens is 3. The lowest BCUT2D eigenvalue weighted by molar-refractivity contribution is 0.463. The molecule has 3 aromatic rings. The Hall–Kier alpha value is -1.88. The lowest BCUT2D eigenvalue weighted by Crippen LogP contribution is -1.99. The van der Waals surface area contributed by atoms with Crippen LogP contribution in [0.15, 0.2) is 42.9 Å². The molecule has 0 spiro atoms. The lowest BCUT2D eigenvalue weighted by atomic mass is 10.1. The number of nitrogens with zero attached hydrogens (tertiary/aromatic N) is 3. The molecule has 28 heavy (non-hydrogen) atoms. The molecule has 0 saturated heterocycles. The third kappa shape index (κ3) is 5.81. The summed E-state index contributed by atoms with van der Waals surface area (Å²) in [4.78, 5) is 12.6. The number of benzene rings is 1. The maximum atomic E-state index is 6.34. The van der Waals surface area contributed by atoms with E-state index >= 15 is 0 Å². The molecule has 148 valence electrons. The summed E-state index contributed by atoms with van der Waals surface area (Å²) < 4.78 is 5.70. The van der Waals surface area contributed by atoms with Gasteiger partial charge in [0.2, 0.25) is 5.88 Å². The first-order chi connectivity index (χ1) is 13.1. The van der Waals surface area contributed by atoms with Crippen molar-refractivity contribution in [3.05, 3.63) is 74.9 Å². The average Bonchev–Trinajstić information content (AvgIpc) is 2.67. The number of aryl methyl sites for hydroxylation is 3. The molecule has 0 aliphatic heterocycles. The molecule has 0 aliphatic carbocycles. The van der Waals surface area contributed by atoms with Crippen LogP contribution in [0.25, 0.3) is 0 Å². The van der Waals surface area contributed by atoms with Gasteiger partial charge in [-0.1, -0.05) is 61.3 Å². The molecule has 0 saturated carbocycles. The fourth-order valence-electron chi connectivity index (χ4n) is 2.64. The highest BCUT2D eigenvalue weighted by Crippen LogP contribution is 2.29. The van der Waals surface area contributed by atoms with Gasteiger partial charge in [0.05, 0.1) is 21.4 Å². The molecule has 7 heteroatoms. The van der Waals surface area contributed by atoms with E-state index in [1.165, 1.54) is 11.8 Å². The summed E-state index contributed by atoms with van der Waals surface area (Å²) in [6.07, 6.45) is 6.58. The largest absolute Gasteiger partial charge is 0.438 e. The van der Waals surface area contributed by atoms with Crippen molar-refractivity contribution in [3.8, 4) is 11.6 Å². The SMILES string of the molecule is C.CCc1ncnc(CCCc2ccc(Oc3ncc(Cl)cc3Cl)cc2)c1Cl. The van der Waals surface area contributed by atoms with E-state index in [2.05, 4.69) is 15.0 Å². The molecule has 0 aliphatic rings. The van der Waals surface area contributed by atoms with Crippen LogP contribution < -0.4 is 4.74 Å². The van der Waals surface area contributed by atoms with Gasteiger partial charge in [0.15, 0.2) is 0 Å². The van der Waals surface area contributed by atoms with Crippen molar-refractivity contribution in [2.45, 2.75) is 40.0 Å². The van der Waals surface area contributed by atoms with Crippen molar-refractivity contribution in [1.82, 2.24) is 15.0 Å². The van der Waals surface area contributed by atoms with Crippen molar-refractivity contribution in [2.24, 2.45) is 0 Å². The van der Waals surface area contributed by atoms with Gasteiger partial charge in [-0.3, -0.25) is 0 Å². The highest BCUT2D eigenvalue weighted by Gasteiger charge is 2.08. The molecule has 0 fully saturated rings. The van der Waals surface area contributed by atoms with Gasteiger partial charge in [-0.05, 0) is 49.4 Å². The van der Waals surface area contributed by atoms with Gasteiger partial charge in [-0.15, -0.1) is 0 Å². The summed E-state index contributed by atoms with van der Waals surface area (Å²) in [5, 5.41) is 1.54. The van der Waals surface area contributed by atoms with Gasteiger partial charge in [0.25, 0.3) is 0 Å². The van der Waals surface area contributed by atoms with Gasteiger partial charge < -0.3 is 4.74 Å². The molecule has 1 aromatic carbocycles. The van der Waals surface area contributed by atoms with E-state index in [0.717, 1.165) is 37.1 Å². The summed E-state index contributed by atoms with van der Waals surface area (Å²) in [6, 6.07) is 9.45. The van der Waals surface area contributed by atoms with Crippen LogP contribution in [0.1, 0.15) is 37.7 Å². The van der Waals surface area contributed by atoms with Crippen LogP contribution in [0.4, 0.5) is 0 Å². The van der Waals surface area contributed by atoms with Crippen LogP contribution in [-0.4, -0.2) is 15.0 Å². The minimum absolute atomic E-state index is 0. The quantitative estimate of drug-likeness (QED) is 0.398. The highest BCUT2D eigenvalue weighted by molar-refractivity contribution is 6.35. The van der Waals surface area contributed by atoms with Crippen LogP contribution in [0, 0.1) is 0 Å². The molecular formula is C21H22Cl3N3O.